The highest BCUT2D eigenvalue weighted by Gasteiger charge is 2.08. The van der Waals surface area contributed by atoms with Crippen LogP contribution in [0.25, 0.3) is 0 Å². The SMILES string of the molecule is Cc1ccc(CCC(=O)NCCNC(=O)c2ccccc2S)cc1. The van der Waals surface area contributed by atoms with Crippen LogP contribution < -0.4 is 10.6 Å². The summed E-state index contributed by atoms with van der Waals surface area (Å²) >= 11 is 4.25. The van der Waals surface area contributed by atoms with Crippen molar-refractivity contribution in [2.24, 2.45) is 0 Å². The van der Waals surface area contributed by atoms with Gasteiger partial charge in [0.1, 0.15) is 0 Å². The summed E-state index contributed by atoms with van der Waals surface area (Å²) in [5.74, 6) is -0.200. The molecule has 0 saturated heterocycles. The molecule has 0 aliphatic carbocycles. The lowest BCUT2D eigenvalue weighted by atomic mass is 10.1. The average molecular weight is 342 g/mol. The molecule has 2 aromatic carbocycles. The van der Waals surface area contributed by atoms with Crippen molar-refractivity contribution in [3.8, 4) is 0 Å². The van der Waals surface area contributed by atoms with Gasteiger partial charge in [-0.15, -0.1) is 12.6 Å². The first-order valence-electron chi connectivity index (χ1n) is 7.94. The lowest BCUT2D eigenvalue weighted by molar-refractivity contribution is -0.121. The maximum atomic E-state index is 12.0. The van der Waals surface area contributed by atoms with Gasteiger partial charge in [-0.25, -0.2) is 0 Å². The first kappa shape index (κ1) is 18.1. The molecule has 0 atom stereocenters. The van der Waals surface area contributed by atoms with E-state index in [4.69, 9.17) is 0 Å². The van der Waals surface area contributed by atoms with Gasteiger partial charge in [-0.3, -0.25) is 9.59 Å². The van der Waals surface area contributed by atoms with Crippen LogP contribution in [0.2, 0.25) is 0 Å². The van der Waals surface area contributed by atoms with Crippen molar-refractivity contribution in [3.63, 3.8) is 0 Å². The van der Waals surface area contributed by atoms with Crippen LogP contribution in [-0.4, -0.2) is 24.9 Å². The van der Waals surface area contributed by atoms with Crippen molar-refractivity contribution >= 4 is 24.4 Å². The van der Waals surface area contributed by atoms with Gasteiger partial charge >= 0.3 is 0 Å². The lowest BCUT2D eigenvalue weighted by Gasteiger charge is -2.08. The third-order valence-corrected chi connectivity index (χ3v) is 4.03. The van der Waals surface area contributed by atoms with Crippen molar-refractivity contribution < 1.29 is 9.59 Å². The minimum Gasteiger partial charge on any atom is -0.354 e. The highest BCUT2D eigenvalue weighted by molar-refractivity contribution is 7.80. The molecule has 0 fully saturated rings. The molecule has 2 N–H and O–H groups in total. The molecular formula is C19H22N2O2S. The molecule has 0 heterocycles. The van der Waals surface area contributed by atoms with Crippen molar-refractivity contribution in [1.82, 2.24) is 10.6 Å². The Hall–Kier alpha value is -2.27. The third kappa shape index (κ3) is 5.74. The number of hydrogen-bond donors (Lipinski definition) is 3. The van der Waals surface area contributed by atoms with E-state index in [2.05, 4.69) is 23.3 Å². The van der Waals surface area contributed by atoms with E-state index in [0.717, 1.165) is 5.56 Å². The second kappa shape index (κ2) is 9.13. The molecule has 2 aromatic rings. The predicted molar refractivity (Wildman–Crippen MR) is 98.5 cm³/mol. The molecule has 2 rings (SSSR count). The summed E-state index contributed by atoms with van der Waals surface area (Å²) in [6, 6.07) is 15.3. The van der Waals surface area contributed by atoms with E-state index in [1.807, 2.05) is 37.3 Å². The molecule has 126 valence electrons. The Morgan fingerprint density at radius 3 is 2.33 bits per heavy atom. The zero-order valence-corrected chi connectivity index (χ0v) is 14.6. The predicted octanol–water partition coefficient (Wildman–Crippen LogP) is 2.76. The number of aryl methyl sites for hydroxylation is 2. The Morgan fingerprint density at radius 2 is 1.62 bits per heavy atom. The number of benzene rings is 2. The summed E-state index contributed by atoms with van der Waals surface area (Å²) in [4.78, 5) is 24.4. The minimum atomic E-state index is -0.186. The lowest BCUT2D eigenvalue weighted by Crippen LogP contribution is -2.34. The van der Waals surface area contributed by atoms with Gasteiger partial charge < -0.3 is 10.6 Å². The van der Waals surface area contributed by atoms with Gasteiger partial charge in [0, 0.05) is 24.4 Å². The van der Waals surface area contributed by atoms with E-state index >= 15 is 0 Å². The van der Waals surface area contributed by atoms with Gasteiger partial charge in [0.15, 0.2) is 0 Å². The van der Waals surface area contributed by atoms with Crippen molar-refractivity contribution in [1.29, 1.82) is 0 Å². The molecule has 0 aliphatic rings. The fraction of sp³-hybridized carbons (Fsp3) is 0.263. The molecule has 0 aliphatic heterocycles. The van der Waals surface area contributed by atoms with E-state index in [1.54, 1.807) is 18.2 Å². The van der Waals surface area contributed by atoms with E-state index in [9.17, 15) is 9.59 Å². The second-order valence-electron chi connectivity index (χ2n) is 5.61. The average Bonchev–Trinajstić information content (AvgIpc) is 2.58. The van der Waals surface area contributed by atoms with Crippen LogP contribution in [0.1, 0.15) is 27.9 Å². The molecule has 5 heteroatoms. The fourth-order valence-electron chi connectivity index (χ4n) is 2.24. The Morgan fingerprint density at radius 1 is 0.958 bits per heavy atom. The van der Waals surface area contributed by atoms with Crippen LogP contribution >= 0.6 is 12.6 Å². The van der Waals surface area contributed by atoms with E-state index < -0.39 is 0 Å². The van der Waals surface area contributed by atoms with E-state index in [-0.39, 0.29) is 11.8 Å². The van der Waals surface area contributed by atoms with Crippen LogP contribution in [0.15, 0.2) is 53.4 Å². The molecule has 4 nitrogen and oxygen atoms in total. The number of rotatable bonds is 7. The van der Waals surface area contributed by atoms with Crippen molar-refractivity contribution in [2.75, 3.05) is 13.1 Å². The Bertz CT molecular complexity index is 699. The van der Waals surface area contributed by atoms with Gasteiger partial charge in [0.25, 0.3) is 5.91 Å². The molecular weight excluding hydrogens is 320 g/mol. The minimum absolute atomic E-state index is 0.0144. The van der Waals surface area contributed by atoms with Crippen LogP contribution in [0, 0.1) is 6.92 Å². The van der Waals surface area contributed by atoms with Gasteiger partial charge in [0.2, 0.25) is 5.91 Å². The smallest absolute Gasteiger partial charge is 0.252 e. The van der Waals surface area contributed by atoms with Crippen molar-refractivity contribution in [3.05, 3.63) is 65.2 Å². The summed E-state index contributed by atoms with van der Waals surface area (Å²) in [6.07, 6.45) is 1.15. The Kier molecular flexibility index (Phi) is 6.88. The highest BCUT2D eigenvalue weighted by atomic mass is 32.1. The summed E-state index contributed by atoms with van der Waals surface area (Å²) in [5.41, 5.74) is 2.89. The molecule has 2 amide bonds. The van der Waals surface area contributed by atoms with Crippen LogP contribution in [0.4, 0.5) is 0 Å². The number of nitrogens with one attached hydrogen (secondary N) is 2. The summed E-state index contributed by atoms with van der Waals surface area (Å²) in [5, 5.41) is 5.59. The summed E-state index contributed by atoms with van der Waals surface area (Å²) < 4.78 is 0. The van der Waals surface area contributed by atoms with E-state index in [0.29, 0.717) is 36.4 Å². The maximum Gasteiger partial charge on any atom is 0.252 e. The third-order valence-electron chi connectivity index (χ3n) is 3.64. The zero-order valence-electron chi connectivity index (χ0n) is 13.7. The number of carbonyl (C=O) groups excluding carboxylic acids is 2. The first-order valence-corrected chi connectivity index (χ1v) is 8.39. The van der Waals surface area contributed by atoms with E-state index in [1.165, 1.54) is 5.56 Å². The Balaban J connectivity index is 1.65. The quantitative estimate of drug-likeness (QED) is 0.535. The molecule has 0 radical (unpaired) electrons. The van der Waals surface area contributed by atoms with Gasteiger partial charge in [-0.1, -0.05) is 42.0 Å². The van der Waals surface area contributed by atoms with Crippen LogP contribution in [-0.2, 0) is 11.2 Å². The first-order chi connectivity index (χ1) is 11.6. The largest absolute Gasteiger partial charge is 0.354 e. The van der Waals surface area contributed by atoms with Crippen molar-refractivity contribution in [2.45, 2.75) is 24.7 Å². The number of carbonyl (C=O) groups is 2. The van der Waals surface area contributed by atoms with Gasteiger partial charge in [0.05, 0.1) is 5.56 Å². The molecule has 0 unspecified atom stereocenters. The number of amides is 2. The highest BCUT2D eigenvalue weighted by Crippen LogP contribution is 2.12. The fourth-order valence-corrected chi connectivity index (χ4v) is 2.50. The standard InChI is InChI=1S/C19H22N2O2S/c1-14-6-8-15(9-7-14)10-11-18(22)20-12-13-21-19(23)16-4-2-3-5-17(16)24/h2-9,24H,10-13H2,1H3,(H,20,22)(H,21,23). The zero-order chi connectivity index (χ0) is 17.4. The molecule has 0 saturated carbocycles. The normalized spacial score (nSPS) is 10.2. The van der Waals surface area contributed by atoms with Gasteiger partial charge in [-0.05, 0) is 31.0 Å². The summed E-state index contributed by atoms with van der Waals surface area (Å²) in [6.45, 7) is 2.83. The topological polar surface area (TPSA) is 58.2 Å². The molecule has 0 spiro atoms. The monoisotopic (exact) mass is 342 g/mol. The maximum absolute atomic E-state index is 12.0. The van der Waals surface area contributed by atoms with Crippen LogP contribution in [0.5, 0.6) is 0 Å². The summed E-state index contributed by atoms with van der Waals surface area (Å²) in [7, 11) is 0. The number of thiol groups is 1. The Labute approximate surface area is 148 Å². The molecule has 0 aromatic heterocycles. The molecule has 0 bridgehead atoms. The van der Waals surface area contributed by atoms with Gasteiger partial charge in [-0.2, -0.15) is 0 Å². The second-order valence-corrected chi connectivity index (χ2v) is 6.09. The molecule has 24 heavy (non-hydrogen) atoms. The van der Waals surface area contributed by atoms with Crippen LogP contribution in [0.3, 0.4) is 0 Å². The number of hydrogen-bond acceptors (Lipinski definition) is 3.